The molecule has 54 valence electrons. The molecule has 1 saturated heterocycles. The molecule has 1 fully saturated rings. The van der Waals surface area contributed by atoms with Crippen LogP contribution >= 0.6 is 0 Å². The second kappa shape index (κ2) is 2.38. The minimum atomic E-state index is 0.332. The SMILES string of the molecule is c1nc([C@@H]2CCCN2)no1. The summed E-state index contributed by atoms with van der Waals surface area (Å²) < 4.78 is 4.63. The zero-order valence-electron chi connectivity index (χ0n) is 5.58. The van der Waals surface area contributed by atoms with Crippen molar-refractivity contribution < 1.29 is 4.52 Å². The van der Waals surface area contributed by atoms with E-state index in [2.05, 4.69) is 20.0 Å². The molecule has 0 spiro atoms. The summed E-state index contributed by atoms with van der Waals surface area (Å²) in [5, 5.41) is 7.02. The molecule has 1 aromatic heterocycles. The van der Waals surface area contributed by atoms with Crippen LogP contribution in [0.5, 0.6) is 0 Å². The highest BCUT2D eigenvalue weighted by molar-refractivity contribution is 4.92. The van der Waals surface area contributed by atoms with Crippen LogP contribution in [0.4, 0.5) is 0 Å². The summed E-state index contributed by atoms with van der Waals surface area (Å²) in [5.41, 5.74) is 0. The van der Waals surface area contributed by atoms with Crippen molar-refractivity contribution in [3.63, 3.8) is 0 Å². The number of nitrogens with one attached hydrogen (secondary N) is 1. The van der Waals surface area contributed by atoms with Gasteiger partial charge in [-0.05, 0) is 19.4 Å². The molecule has 0 amide bonds. The van der Waals surface area contributed by atoms with E-state index in [0.717, 1.165) is 18.8 Å². The Morgan fingerprint density at radius 2 is 2.70 bits per heavy atom. The molecule has 4 heteroatoms. The zero-order valence-corrected chi connectivity index (χ0v) is 5.58. The molecule has 1 atom stereocenters. The van der Waals surface area contributed by atoms with Crippen LogP contribution in [0.25, 0.3) is 0 Å². The highest BCUT2D eigenvalue weighted by Gasteiger charge is 2.19. The molecule has 0 radical (unpaired) electrons. The largest absolute Gasteiger partial charge is 0.343 e. The number of hydrogen-bond donors (Lipinski definition) is 1. The summed E-state index contributed by atoms with van der Waals surface area (Å²) in [6.45, 7) is 1.07. The van der Waals surface area contributed by atoms with Crippen molar-refractivity contribution in [1.82, 2.24) is 15.5 Å². The van der Waals surface area contributed by atoms with Gasteiger partial charge in [-0.15, -0.1) is 0 Å². The fraction of sp³-hybridized carbons (Fsp3) is 0.667. The Labute approximate surface area is 58.6 Å². The van der Waals surface area contributed by atoms with Gasteiger partial charge in [0.15, 0.2) is 5.82 Å². The average Bonchev–Trinajstić information content (AvgIpc) is 2.59. The van der Waals surface area contributed by atoms with Crippen LogP contribution in [0, 0.1) is 0 Å². The van der Waals surface area contributed by atoms with E-state index in [0.29, 0.717) is 6.04 Å². The minimum Gasteiger partial charge on any atom is -0.343 e. The van der Waals surface area contributed by atoms with Gasteiger partial charge in [-0.3, -0.25) is 0 Å². The molecule has 1 aliphatic heterocycles. The molecular weight excluding hydrogens is 130 g/mol. The minimum absolute atomic E-state index is 0.332. The molecule has 1 aromatic rings. The van der Waals surface area contributed by atoms with Crippen molar-refractivity contribution in [3.05, 3.63) is 12.2 Å². The van der Waals surface area contributed by atoms with Crippen LogP contribution in [0.3, 0.4) is 0 Å². The van der Waals surface area contributed by atoms with Gasteiger partial charge in [0, 0.05) is 0 Å². The first-order valence-corrected chi connectivity index (χ1v) is 3.46. The Bertz CT molecular complexity index is 191. The van der Waals surface area contributed by atoms with E-state index in [9.17, 15) is 0 Å². The average molecular weight is 139 g/mol. The normalized spacial score (nSPS) is 25.4. The molecular formula is C6H9N3O. The Hall–Kier alpha value is -0.900. The quantitative estimate of drug-likeness (QED) is 0.615. The molecule has 10 heavy (non-hydrogen) atoms. The Balaban J connectivity index is 2.12. The van der Waals surface area contributed by atoms with Gasteiger partial charge in [-0.2, -0.15) is 4.98 Å². The van der Waals surface area contributed by atoms with E-state index in [1.807, 2.05) is 0 Å². The van der Waals surface area contributed by atoms with Crippen LogP contribution < -0.4 is 5.32 Å². The highest BCUT2D eigenvalue weighted by atomic mass is 16.5. The second-order valence-corrected chi connectivity index (χ2v) is 2.44. The first-order chi connectivity index (χ1) is 4.97. The predicted octanol–water partition coefficient (Wildman–Crippen LogP) is 0.494. The number of rotatable bonds is 1. The number of nitrogens with zero attached hydrogens (tertiary/aromatic N) is 2. The van der Waals surface area contributed by atoms with Gasteiger partial charge in [0.25, 0.3) is 0 Å². The summed E-state index contributed by atoms with van der Waals surface area (Å²) in [4.78, 5) is 3.96. The maximum Gasteiger partial charge on any atom is 0.213 e. The van der Waals surface area contributed by atoms with Crippen LogP contribution in [0.1, 0.15) is 24.7 Å². The first kappa shape index (κ1) is 5.85. The summed E-state index contributed by atoms with van der Waals surface area (Å²) in [7, 11) is 0. The maximum absolute atomic E-state index is 4.63. The Morgan fingerprint density at radius 1 is 1.70 bits per heavy atom. The first-order valence-electron chi connectivity index (χ1n) is 3.46. The van der Waals surface area contributed by atoms with E-state index < -0.39 is 0 Å². The molecule has 2 rings (SSSR count). The van der Waals surface area contributed by atoms with E-state index in [1.54, 1.807) is 0 Å². The lowest BCUT2D eigenvalue weighted by molar-refractivity contribution is 0.401. The molecule has 0 saturated carbocycles. The van der Waals surface area contributed by atoms with Gasteiger partial charge in [0.1, 0.15) is 0 Å². The lowest BCUT2D eigenvalue weighted by Crippen LogP contribution is -2.13. The zero-order chi connectivity index (χ0) is 6.81. The third-order valence-corrected chi connectivity index (χ3v) is 1.75. The van der Waals surface area contributed by atoms with Crippen molar-refractivity contribution in [3.8, 4) is 0 Å². The predicted molar refractivity (Wildman–Crippen MR) is 34.3 cm³/mol. The van der Waals surface area contributed by atoms with Crippen molar-refractivity contribution in [2.45, 2.75) is 18.9 Å². The van der Waals surface area contributed by atoms with Gasteiger partial charge < -0.3 is 9.84 Å². The highest BCUT2D eigenvalue weighted by Crippen LogP contribution is 2.18. The topological polar surface area (TPSA) is 51.0 Å². The van der Waals surface area contributed by atoms with Crippen LogP contribution in [0.15, 0.2) is 10.9 Å². The summed E-state index contributed by atoms with van der Waals surface area (Å²) in [6, 6.07) is 0.332. The van der Waals surface area contributed by atoms with Gasteiger partial charge >= 0.3 is 0 Å². The maximum atomic E-state index is 4.63. The number of hydrogen-bond acceptors (Lipinski definition) is 4. The summed E-state index contributed by atoms with van der Waals surface area (Å²) in [5.74, 6) is 0.789. The lowest BCUT2D eigenvalue weighted by Gasteiger charge is -2.01. The van der Waals surface area contributed by atoms with Crippen LogP contribution in [0.2, 0.25) is 0 Å². The molecule has 1 aliphatic rings. The Kier molecular flexibility index (Phi) is 1.39. The molecule has 4 nitrogen and oxygen atoms in total. The molecule has 0 aliphatic carbocycles. The third-order valence-electron chi connectivity index (χ3n) is 1.75. The molecule has 0 aromatic carbocycles. The molecule has 1 N–H and O–H groups in total. The second-order valence-electron chi connectivity index (χ2n) is 2.44. The fourth-order valence-electron chi connectivity index (χ4n) is 1.24. The molecule has 2 heterocycles. The van der Waals surface area contributed by atoms with Crippen LogP contribution in [-0.2, 0) is 0 Å². The third kappa shape index (κ3) is 0.903. The summed E-state index contributed by atoms with van der Waals surface area (Å²) in [6.07, 6.45) is 3.70. The molecule has 0 unspecified atom stereocenters. The van der Waals surface area contributed by atoms with Crippen molar-refractivity contribution in [2.75, 3.05) is 6.54 Å². The van der Waals surface area contributed by atoms with E-state index >= 15 is 0 Å². The van der Waals surface area contributed by atoms with Crippen LogP contribution in [-0.4, -0.2) is 16.7 Å². The van der Waals surface area contributed by atoms with Gasteiger partial charge in [0.05, 0.1) is 6.04 Å². The standard InChI is InChI=1S/C6H9N3O/c1-2-5(7-3-1)6-8-4-10-9-6/h4-5,7H,1-3H2/t5-/m0/s1. The van der Waals surface area contributed by atoms with Gasteiger partial charge in [-0.25, -0.2) is 0 Å². The van der Waals surface area contributed by atoms with E-state index in [-0.39, 0.29) is 0 Å². The number of aromatic nitrogens is 2. The van der Waals surface area contributed by atoms with E-state index in [4.69, 9.17) is 0 Å². The van der Waals surface area contributed by atoms with Crippen molar-refractivity contribution in [1.29, 1.82) is 0 Å². The van der Waals surface area contributed by atoms with E-state index in [1.165, 1.54) is 12.8 Å². The summed E-state index contributed by atoms with van der Waals surface area (Å²) >= 11 is 0. The lowest BCUT2D eigenvalue weighted by atomic mass is 10.2. The molecule has 0 bridgehead atoms. The fourth-order valence-corrected chi connectivity index (χ4v) is 1.24. The monoisotopic (exact) mass is 139 g/mol. The Morgan fingerprint density at radius 3 is 3.30 bits per heavy atom. The van der Waals surface area contributed by atoms with Crippen molar-refractivity contribution in [2.24, 2.45) is 0 Å². The van der Waals surface area contributed by atoms with Crippen molar-refractivity contribution >= 4 is 0 Å². The smallest absolute Gasteiger partial charge is 0.213 e. The van der Waals surface area contributed by atoms with Gasteiger partial charge in [0.2, 0.25) is 6.39 Å². The van der Waals surface area contributed by atoms with Gasteiger partial charge in [-0.1, -0.05) is 5.16 Å².